The Bertz CT molecular complexity index is 394. The summed E-state index contributed by atoms with van der Waals surface area (Å²) in [6.07, 6.45) is 5.34. The highest BCUT2D eigenvalue weighted by Gasteiger charge is 2.38. The average molecular weight is 326 g/mol. The minimum Gasteiger partial charge on any atom is -0.444 e. The van der Waals surface area contributed by atoms with E-state index in [1.165, 1.54) is 12.8 Å². The first-order valence-corrected chi connectivity index (χ1v) is 9.16. The summed E-state index contributed by atoms with van der Waals surface area (Å²) in [5.74, 6) is 0.464. The van der Waals surface area contributed by atoms with Crippen LogP contribution in [-0.4, -0.2) is 64.9 Å². The number of likely N-dealkylation sites (tertiary alicyclic amines) is 2. The summed E-state index contributed by atoms with van der Waals surface area (Å²) in [4.78, 5) is 16.8. The Labute approximate surface area is 141 Å². The Morgan fingerprint density at radius 2 is 2.00 bits per heavy atom. The fraction of sp³-hybridized carbons (Fsp3) is 0.944. The standard InChI is InChI=1S/C18H34N2O3/c1-14-13-19(17(22)23-18(2,3)4)11-9-16(14)20-10-5-7-15(20)8-6-12-21/h14-16,21H,5-13H2,1-4H3/t14?,15-,16?/m0/s1. The van der Waals surface area contributed by atoms with Gasteiger partial charge in [0.25, 0.3) is 0 Å². The van der Waals surface area contributed by atoms with Crippen molar-refractivity contribution in [3.63, 3.8) is 0 Å². The van der Waals surface area contributed by atoms with Gasteiger partial charge in [-0.15, -0.1) is 0 Å². The fourth-order valence-electron chi connectivity index (χ4n) is 4.05. The van der Waals surface area contributed by atoms with Crippen molar-refractivity contribution in [3.05, 3.63) is 0 Å². The number of carbonyl (C=O) groups is 1. The first-order chi connectivity index (χ1) is 10.8. The van der Waals surface area contributed by atoms with E-state index < -0.39 is 5.60 Å². The van der Waals surface area contributed by atoms with Crippen molar-refractivity contribution in [2.24, 2.45) is 5.92 Å². The third-order valence-electron chi connectivity index (χ3n) is 5.06. The molecule has 23 heavy (non-hydrogen) atoms. The van der Waals surface area contributed by atoms with Crippen molar-refractivity contribution >= 4 is 6.09 Å². The molecule has 0 aromatic carbocycles. The van der Waals surface area contributed by atoms with Crippen LogP contribution in [-0.2, 0) is 4.74 Å². The zero-order valence-electron chi connectivity index (χ0n) is 15.3. The van der Waals surface area contributed by atoms with Crippen molar-refractivity contribution < 1.29 is 14.6 Å². The summed E-state index contributed by atoms with van der Waals surface area (Å²) >= 11 is 0. The molecule has 2 unspecified atom stereocenters. The molecule has 2 aliphatic heterocycles. The minimum absolute atomic E-state index is 0.180. The Hall–Kier alpha value is -0.810. The molecule has 0 saturated carbocycles. The Kier molecular flexibility index (Phi) is 6.32. The van der Waals surface area contributed by atoms with E-state index >= 15 is 0 Å². The van der Waals surface area contributed by atoms with Crippen LogP contribution in [0.3, 0.4) is 0 Å². The van der Waals surface area contributed by atoms with Gasteiger partial charge in [-0.25, -0.2) is 4.79 Å². The van der Waals surface area contributed by atoms with Crippen LogP contribution in [0.25, 0.3) is 0 Å². The van der Waals surface area contributed by atoms with E-state index in [-0.39, 0.29) is 12.7 Å². The van der Waals surface area contributed by atoms with Crippen LogP contribution in [0.15, 0.2) is 0 Å². The predicted octanol–water partition coefficient (Wildman–Crippen LogP) is 2.87. The quantitative estimate of drug-likeness (QED) is 0.863. The molecule has 5 nitrogen and oxygen atoms in total. The van der Waals surface area contributed by atoms with E-state index in [2.05, 4.69) is 11.8 Å². The molecule has 2 rings (SSSR count). The monoisotopic (exact) mass is 326 g/mol. The molecule has 1 N–H and O–H groups in total. The maximum Gasteiger partial charge on any atom is 0.410 e. The predicted molar refractivity (Wildman–Crippen MR) is 91.4 cm³/mol. The molecule has 2 saturated heterocycles. The van der Waals surface area contributed by atoms with Gasteiger partial charge in [0.05, 0.1) is 0 Å². The zero-order chi connectivity index (χ0) is 17.0. The number of ether oxygens (including phenoxy) is 1. The molecule has 134 valence electrons. The van der Waals surface area contributed by atoms with Crippen molar-refractivity contribution in [1.29, 1.82) is 0 Å². The van der Waals surface area contributed by atoms with Crippen LogP contribution >= 0.6 is 0 Å². The first-order valence-electron chi connectivity index (χ1n) is 9.16. The molecular formula is C18H34N2O3. The van der Waals surface area contributed by atoms with Crippen molar-refractivity contribution in [2.75, 3.05) is 26.2 Å². The molecule has 0 aromatic rings. The lowest BCUT2D eigenvalue weighted by molar-refractivity contribution is 0.00167. The lowest BCUT2D eigenvalue weighted by Crippen LogP contribution is -2.53. The highest BCUT2D eigenvalue weighted by Crippen LogP contribution is 2.31. The third-order valence-corrected chi connectivity index (χ3v) is 5.06. The smallest absolute Gasteiger partial charge is 0.410 e. The van der Waals surface area contributed by atoms with Gasteiger partial charge in [0.15, 0.2) is 0 Å². The van der Waals surface area contributed by atoms with Gasteiger partial charge in [-0.3, -0.25) is 4.90 Å². The van der Waals surface area contributed by atoms with Crippen LogP contribution in [0, 0.1) is 5.92 Å². The summed E-state index contributed by atoms with van der Waals surface area (Å²) < 4.78 is 5.51. The van der Waals surface area contributed by atoms with E-state index in [1.54, 1.807) is 0 Å². The van der Waals surface area contributed by atoms with Crippen LogP contribution in [0.1, 0.15) is 59.8 Å². The fourth-order valence-corrected chi connectivity index (χ4v) is 4.05. The van der Waals surface area contributed by atoms with E-state index in [0.717, 1.165) is 38.9 Å². The van der Waals surface area contributed by atoms with E-state index in [9.17, 15) is 4.79 Å². The highest BCUT2D eigenvalue weighted by atomic mass is 16.6. The molecule has 2 heterocycles. The molecule has 1 amide bonds. The Morgan fingerprint density at radius 3 is 2.61 bits per heavy atom. The summed E-state index contributed by atoms with van der Waals surface area (Å²) in [6.45, 7) is 11.0. The summed E-state index contributed by atoms with van der Waals surface area (Å²) in [5, 5.41) is 9.09. The number of aliphatic hydroxyl groups excluding tert-OH is 1. The summed E-state index contributed by atoms with van der Waals surface area (Å²) in [5.41, 5.74) is -0.429. The maximum atomic E-state index is 12.3. The Morgan fingerprint density at radius 1 is 1.26 bits per heavy atom. The maximum absolute atomic E-state index is 12.3. The summed E-state index contributed by atoms with van der Waals surface area (Å²) in [6, 6.07) is 1.17. The van der Waals surface area contributed by atoms with Gasteiger partial charge in [-0.1, -0.05) is 6.92 Å². The highest BCUT2D eigenvalue weighted by molar-refractivity contribution is 5.68. The third kappa shape index (κ3) is 5.08. The number of carbonyl (C=O) groups excluding carboxylic acids is 1. The normalized spacial score (nSPS) is 29.8. The zero-order valence-corrected chi connectivity index (χ0v) is 15.3. The van der Waals surface area contributed by atoms with E-state index in [4.69, 9.17) is 9.84 Å². The van der Waals surface area contributed by atoms with Crippen molar-refractivity contribution in [1.82, 2.24) is 9.80 Å². The van der Waals surface area contributed by atoms with Gasteiger partial charge < -0.3 is 14.7 Å². The second kappa shape index (κ2) is 7.84. The molecule has 0 aliphatic carbocycles. The van der Waals surface area contributed by atoms with Crippen LogP contribution in [0.2, 0.25) is 0 Å². The lowest BCUT2D eigenvalue weighted by atomic mass is 9.91. The molecule has 2 aliphatic rings. The number of piperidine rings is 1. The number of aliphatic hydroxyl groups is 1. The number of rotatable bonds is 4. The van der Waals surface area contributed by atoms with Gasteiger partial charge in [0, 0.05) is 31.8 Å². The molecule has 5 heteroatoms. The largest absolute Gasteiger partial charge is 0.444 e. The average Bonchev–Trinajstić information content (AvgIpc) is 2.91. The van der Waals surface area contributed by atoms with Crippen molar-refractivity contribution in [2.45, 2.75) is 77.5 Å². The van der Waals surface area contributed by atoms with E-state index in [1.807, 2.05) is 25.7 Å². The Balaban J connectivity index is 1.89. The first kappa shape index (κ1) is 18.5. The second-order valence-electron chi connectivity index (χ2n) is 8.16. The lowest BCUT2D eigenvalue weighted by Gasteiger charge is -2.43. The molecule has 0 aromatic heterocycles. The second-order valence-corrected chi connectivity index (χ2v) is 8.16. The number of amides is 1. The van der Waals surface area contributed by atoms with Crippen LogP contribution in [0.5, 0.6) is 0 Å². The van der Waals surface area contributed by atoms with Gasteiger partial charge in [-0.05, 0) is 65.3 Å². The van der Waals surface area contributed by atoms with Gasteiger partial charge in [-0.2, -0.15) is 0 Å². The SMILES string of the molecule is CC1CN(C(=O)OC(C)(C)C)CCC1N1CCC[C@H]1CCCO. The number of hydrogen-bond acceptors (Lipinski definition) is 4. The van der Waals surface area contributed by atoms with Crippen LogP contribution < -0.4 is 0 Å². The van der Waals surface area contributed by atoms with Gasteiger partial charge >= 0.3 is 6.09 Å². The molecule has 0 radical (unpaired) electrons. The van der Waals surface area contributed by atoms with Crippen molar-refractivity contribution in [3.8, 4) is 0 Å². The van der Waals surface area contributed by atoms with E-state index in [0.29, 0.717) is 18.0 Å². The van der Waals surface area contributed by atoms with Gasteiger partial charge in [0.1, 0.15) is 5.60 Å². The molecule has 0 spiro atoms. The molecular weight excluding hydrogens is 292 g/mol. The number of nitrogens with zero attached hydrogens (tertiary/aromatic N) is 2. The topological polar surface area (TPSA) is 53.0 Å². The molecule has 0 bridgehead atoms. The van der Waals surface area contributed by atoms with Crippen LogP contribution in [0.4, 0.5) is 4.79 Å². The minimum atomic E-state index is -0.429. The number of hydrogen-bond donors (Lipinski definition) is 1. The molecule has 2 fully saturated rings. The van der Waals surface area contributed by atoms with Gasteiger partial charge in [0.2, 0.25) is 0 Å². The summed E-state index contributed by atoms with van der Waals surface area (Å²) in [7, 11) is 0. The molecule has 3 atom stereocenters.